The van der Waals surface area contributed by atoms with Gasteiger partial charge in [-0.1, -0.05) is 0 Å². The molecule has 19 heavy (non-hydrogen) atoms. The second-order valence-corrected chi connectivity index (χ2v) is 4.54. The van der Waals surface area contributed by atoms with Gasteiger partial charge in [-0.15, -0.1) is 0 Å². The fourth-order valence-corrected chi connectivity index (χ4v) is 2.36. The normalized spacial score (nSPS) is 19.1. The highest BCUT2D eigenvalue weighted by Crippen LogP contribution is 2.26. The molecule has 1 aliphatic heterocycles. The highest BCUT2D eigenvalue weighted by Gasteiger charge is 2.30. The average molecular weight is 265 g/mol. The molecular formula is C13H19N3O3. The number of carbonyl (C=O) groups excluding carboxylic acids is 1. The van der Waals surface area contributed by atoms with Crippen molar-refractivity contribution in [3.8, 4) is 5.88 Å². The second-order valence-electron chi connectivity index (χ2n) is 4.54. The van der Waals surface area contributed by atoms with Crippen molar-refractivity contribution < 1.29 is 14.3 Å². The first-order valence-corrected chi connectivity index (χ1v) is 6.40. The van der Waals surface area contributed by atoms with Crippen molar-refractivity contribution in [1.82, 2.24) is 9.97 Å². The molecule has 1 aromatic rings. The van der Waals surface area contributed by atoms with Crippen LogP contribution < -0.4 is 9.64 Å². The lowest BCUT2D eigenvalue weighted by molar-refractivity contribution is -0.142. The number of hydrogen-bond donors (Lipinski definition) is 0. The molecule has 1 fully saturated rings. The molecule has 0 bridgehead atoms. The van der Waals surface area contributed by atoms with Crippen LogP contribution in [0, 0.1) is 6.92 Å². The highest BCUT2D eigenvalue weighted by molar-refractivity contribution is 5.79. The average Bonchev–Trinajstić information content (AvgIpc) is 2.45. The van der Waals surface area contributed by atoms with Gasteiger partial charge in [-0.2, -0.15) is 4.98 Å². The van der Waals surface area contributed by atoms with E-state index in [0.717, 1.165) is 31.6 Å². The summed E-state index contributed by atoms with van der Waals surface area (Å²) in [4.78, 5) is 22.4. The fourth-order valence-electron chi connectivity index (χ4n) is 2.36. The molecular weight excluding hydrogens is 246 g/mol. The molecule has 0 aromatic carbocycles. The van der Waals surface area contributed by atoms with Crippen LogP contribution in [0.3, 0.4) is 0 Å². The van der Waals surface area contributed by atoms with Crippen molar-refractivity contribution in [3.05, 3.63) is 11.9 Å². The van der Waals surface area contributed by atoms with Crippen LogP contribution in [0.15, 0.2) is 6.07 Å². The first kappa shape index (κ1) is 13.6. The lowest BCUT2D eigenvalue weighted by atomic mass is 10.0. The van der Waals surface area contributed by atoms with Gasteiger partial charge in [0.1, 0.15) is 17.7 Å². The van der Waals surface area contributed by atoms with Crippen LogP contribution in [0.2, 0.25) is 0 Å². The first-order valence-electron chi connectivity index (χ1n) is 6.40. The van der Waals surface area contributed by atoms with Gasteiger partial charge in [0.05, 0.1) is 14.2 Å². The van der Waals surface area contributed by atoms with E-state index >= 15 is 0 Å². The predicted octanol–water partition coefficient (Wildman–Crippen LogP) is 1.33. The number of nitrogens with zero attached hydrogens (tertiary/aromatic N) is 3. The van der Waals surface area contributed by atoms with E-state index in [0.29, 0.717) is 11.7 Å². The number of ether oxygens (including phenoxy) is 2. The Bertz CT molecular complexity index is 464. The summed E-state index contributed by atoms with van der Waals surface area (Å²) in [5.41, 5.74) is 0. The minimum atomic E-state index is -0.266. The van der Waals surface area contributed by atoms with Crippen LogP contribution in [0.4, 0.5) is 5.82 Å². The van der Waals surface area contributed by atoms with Gasteiger partial charge in [0.25, 0.3) is 0 Å². The fraction of sp³-hybridized carbons (Fsp3) is 0.615. The number of piperidine rings is 1. The summed E-state index contributed by atoms with van der Waals surface area (Å²) >= 11 is 0. The van der Waals surface area contributed by atoms with Crippen LogP contribution in [-0.2, 0) is 9.53 Å². The number of aromatic nitrogens is 2. The molecule has 1 aliphatic rings. The van der Waals surface area contributed by atoms with Gasteiger partial charge in [-0.3, -0.25) is 0 Å². The van der Waals surface area contributed by atoms with Crippen molar-refractivity contribution in [3.63, 3.8) is 0 Å². The molecule has 2 rings (SSSR count). The topological polar surface area (TPSA) is 64.5 Å². The standard InChI is InChI=1S/C13H19N3O3/c1-9-14-11(8-12(15-9)18-2)16-7-5-4-6-10(16)13(17)19-3/h8,10H,4-7H2,1-3H3. The van der Waals surface area contributed by atoms with E-state index in [4.69, 9.17) is 9.47 Å². The summed E-state index contributed by atoms with van der Waals surface area (Å²) < 4.78 is 10.0. The molecule has 1 aromatic heterocycles. The smallest absolute Gasteiger partial charge is 0.328 e. The molecule has 0 aliphatic carbocycles. The molecule has 104 valence electrons. The van der Waals surface area contributed by atoms with Crippen molar-refractivity contribution in [1.29, 1.82) is 0 Å². The quantitative estimate of drug-likeness (QED) is 0.768. The summed E-state index contributed by atoms with van der Waals surface area (Å²) in [5.74, 6) is 1.65. The maximum atomic E-state index is 11.9. The van der Waals surface area contributed by atoms with Gasteiger partial charge < -0.3 is 14.4 Å². The Hall–Kier alpha value is -1.85. The number of anilines is 1. The molecule has 6 heteroatoms. The van der Waals surface area contributed by atoms with Crippen LogP contribution >= 0.6 is 0 Å². The van der Waals surface area contributed by atoms with Crippen molar-refractivity contribution in [2.24, 2.45) is 0 Å². The van der Waals surface area contributed by atoms with E-state index in [2.05, 4.69) is 9.97 Å². The van der Waals surface area contributed by atoms with Gasteiger partial charge in [-0.25, -0.2) is 9.78 Å². The molecule has 1 saturated heterocycles. The predicted molar refractivity (Wildman–Crippen MR) is 70.3 cm³/mol. The van der Waals surface area contributed by atoms with Crippen molar-refractivity contribution in [2.45, 2.75) is 32.2 Å². The molecule has 0 saturated carbocycles. The van der Waals surface area contributed by atoms with Gasteiger partial charge in [-0.05, 0) is 26.2 Å². The SMILES string of the molecule is COC(=O)C1CCCCN1c1cc(OC)nc(C)n1. The second kappa shape index (κ2) is 5.86. The highest BCUT2D eigenvalue weighted by atomic mass is 16.5. The van der Waals surface area contributed by atoms with E-state index in [1.807, 2.05) is 11.8 Å². The van der Waals surface area contributed by atoms with E-state index in [-0.39, 0.29) is 12.0 Å². The Morgan fingerprint density at radius 2 is 2.16 bits per heavy atom. The number of carbonyl (C=O) groups is 1. The first-order chi connectivity index (χ1) is 9.15. The third-order valence-corrected chi connectivity index (χ3v) is 3.28. The number of hydrogen-bond acceptors (Lipinski definition) is 6. The minimum absolute atomic E-state index is 0.213. The molecule has 1 atom stereocenters. The van der Waals surface area contributed by atoms with E-state index in [1.54, 1.807) is 13.2 Å². The monoisotopic (exact) mass is 265 g/mol. The molecule has 1 unspecified atom stereocenters. The Kier molecular flexibility index (Phi) is 4.19. The van der Waals surface area contributed by atoms with Gasteiger partial charge in [0, 0.05) is 12.6 Å². The molecule has 2 heterocycles. The molecule has 6 nitrogen and oxygen atoms in total. The summed E-state index contributed by atoms with van der Waals surface area (Å²) in [7, 11) is 2.99. The molecule has 0 amide bonds. The number of rotatable bonds is 3. The Morgan fingerprint density at radius 1 is 1.37 bits per heavy atom. The Balaban J connectivity index is 2.31. The molecule has 0 spiro atoms. The lowest BCUT2D eigenvalue weighted by Gasteiger charge is -2.34. The van der Waals surface area contributed by atoms with Crippen LogP contribution in [-0.4, -0.2) is 42.7 Å². The number of methoxy groups -OCH3 is 2. The third kappa shape index (κ3) is 2.94. The van der Waals surface area contributed by atoms with E-state index in [9.17, 15) is 4.79 Å². The zero-order valence-corrected chi connectivity index (χ0v) is 11.5. The van der Waals surface area contributed by atoms with E-state index in [1.165, 1.54) is 7.11 Å². The third-order valence-electron chi connectivity index (χ3n) is 3.28. The number of aryl methyl sites for hydroxylation is 1. The van der Waals surface area contributed by atoms with Crippen molar-refractivity contribution in [2.75, 3.05) is 25.7 Å². The van der Waals surface area contributed by atoms with Crippen LogP contribution in [0.25, 0.3) is 0 Å². The van der Waals surface area contributed by atoms with Crippen LogP contribution in [0.5, 0.6) is 5.88 Å². The molecule has 0 radical (unpaired) electrons. The van der Waals surface area contributed by atoms with Crippen molar-refractivity contribution >= 4 is 11.8 Å². The van der Waals surface area contributed by atoms with Gasteiger partial charge >= 0.3 is 5.97 Å². The number of esters is 1. The van der Waals surface area contributed by atoms with Gasteiger partial charge in [0.15, 0.2) is 0 Å². The lowest BCUT2D eigenvalue weighted by Crippen LogP contribution is -2.45. The van der Waals surface area contributed by atoms with E-state index < -0.39 is 0 Å². The Morgan fingerprint density at radius 3 is 2.84 bits per heavy atom. The summed E-state index contributed by atoms with van der Waals surface area (Å²) in [5, 5.41) is 0. The summed E-state index contributed by atoms with van der Waals surface area (Å²) in [6.45, 7) is 2.60. The molecule has 0 N–H and O–H groups in total. The Labute approximate surface area is 112 Å². The summed E-state index contributed by atoms with van der Waals surface area (Å²) in [6.07, 6.45) is 2.86. The zero-order valence-electron chi connectivity index (χ0n) is 11.5. The largest absolute Gasteiger partial charge is 0.481 e. The minimum Gasteiger partial charge on any atom is -0.481 e. The maximum absolute atomic E-state index is 11.9. The van der Waals surface area contributed by atoms with Gasteiger partial charge in [0.2, 0.25) is 5.88 Å². The van der Waals surface area contributed by atoms with Crippen LogP contribution in [0.1, 0.15) is 25.1 Å². The zero-order chi connectivity index (χ0) is 13.8. The maximum Gasteiger partial charge on any atom is 0.328 e. The summed E-state index contributed by atoms with van der Waals surface area (Å²) in [6, 6.07) is 1.49.